The van der Waals surface area contributed by atoms with Crippen molar-refractivity contribution >= 4 is 46.9 Å². The normalized spacial score (nSPS) is 10.5. The molecule has 0 atom stereocenters. The molecule has 0 aromatic heterocycles. The first-order valence-corrected chi connectivity index (χ1v) is 7.63. The maximum absolute atomic E-state index is 11.8. The van der Waals surface area contributed by atoms with Gasteiger partial charge < -0.3 is 15.2 Å². The van der Waals surface area contributed by atoms with Gasteiger partial charge in [-0.15, -0.1) is 0 Å². The molecule has 2 aromatic rings. The van der Waals surface area contributed by atoms with Crippen molar-refractivity contribution in [3.05, 3.63) is 52.0 Å². The van der Waals surface area contributed by atoms with Gasteiger partial charge in [0.2, 0.25) is 0 Å². The summed E-state index contributed by atoms with van der Waals surface area (Å²) in [4.78, 5) is 23.5. The number of aromatic hydroxyl groups is 1. The van der Waals surface area contributed by atoms with Crippen LogP contribution in [0.3, 0.4) is 0 Å². The van der Waals surface area contributed by atoms with Crippen LogP contribution in [0.4, 0.5) is 5.69 Å². The molecule has 0 heterocycles. The number of nitrogens with one attached hydrogen (secondary N) is 2. The predicted octanol–water partition coefficient (Wildman–Crippen LogP) is 2.80. The van der Waals surface area contributed by atoms with E-state index in [2.05, 4.69) is 10.4 Å². The molecule has 0 aliphatic heterocycles. The molecule has 0 aliphatic carbocycles. The van der Waals surface area contributed by atoms with Crippen molar-refractivity contribution in [3.63, 3.8) is 0 Å². The molecule has 0 aliphatic rings. The van der Waals surface area contributed by atoms with E-state index in [1.54, 1.807) is 18.2 Å². The van der Waals surface area contributed by atoms with Gasteiger partial charge in [0, 0.05) is 11.3 Å². The zero-order chi connectivity index (χ0) is 18.4. The zero-order valence-corrected chi connectivity index (χ0v) is 14.4. The summed E-state index contributed by atoms with van der Waals surface area (Å²) in [5, 5.41) is 16.4. The number of nitrogens with zero attached hydrogens (tertiary/aromatic N) is 1. The van der Waals surface area contributed by atoms with Gasteiger partial charge in [-0.2, -0.15) is 5.10 Å². The first-order valence-electron chi connectivity index (χ1n) is 6.87. The molecule has 2 amide bonds. The number of hydrazone groups is 1. The number of amides is 2. The standard InChI is InChI=1S/C16H13Cl2N3O4/c1-25-13-4-2-3-9(14(13)22)8-19-21-16(24)15(23)20-10-5-6-11(17)12(18)7-10/h2-8,22H,1H3,(H,20,23)(H,21,24)/b19-8-. The Bertz CT molecular complexity index is 840. The second-order valence-corrected chi connectivity index (χ2v) is 5.49. The minimum absolute atomic E-state index is 0.136. The number of benzene rings is 2. The number of carbonyl (C=O) groups is 2. The maximum Gasteiger partial charge on any atom is 0.329 e. The van der Waals surface area contributed by atoms with E-state index in [1.165, 1.54) is 31.5 Å². The van der Waals surface area contributed by atoms with Gasteiger partial charge >= 0.3 is 11.8 Å². The molecular weight excluding hydrogens is 369 g/mol. The Morgan fingerprint density at radius 3 is 2.60 bits per heavy atom. The number of hydrogen-bond donors (Lipinski definition) is 3. The lowest BCUT2D eigenvalue weighted by atomic mass is 10.2. The van der Waals surface area contributed by atoms with Gasteiger partial charge in [-0.1, -0.05) is 29.3 Å². The molecule has 25 heavy (non-hydrogen) atoms. The topological polar surface area (TPSA) is 100 Å². The molecule has 7 nitrogen and oxygen atoms in total. The van der Waals surface area contributed by atoms with Crippen molar-refractivity contribution < 1.29 is 19.4 Å². The Morgan fingerprint density at radius 1 is 1.16 bits per heavy atom. The fraction of sp³-hybridized carbons (Fsp3) is 0.0625. The third kappa shape index (κ3) is 4.85. The number of phenolic OH excluding ortho intramolecular Hbond substituents is 1. The largest absolute Gasteiger partial charge is 0.504 e. The molecular formula is C16H13Cl2N3O4. The lowest BCUT2D eigenvalue weighted by Gasteiger charge is -2.06. The molecule has 0 radical (unpaired) electrons. The quantitative estimate of drug-likeness (QED) is 0.430. The van der Waals surface area contributed by atoms with Crippen LogP contribution in [0.5, 0.6) is 11.5 Å². The molecule has 0 fully saturated rings. The van der Waals surface area contributed by atoms with Crippen molar-refractivity contribution in [2.24, 2.45) is 5.10 Å². The summed E-state index contributed by atoms with van der Waals surface area (Å²) in [6.45, 7) is 0. The van der Waals surface area contributed by atoms with Crippen LogP contribution in [0.15, 0.2) is 41.5 Å². The Balaban J connectivity index is 1.97. The number of rotatable bonds is 4. The number of hydrogen-bond acceptors (Lipinski definition) is 5. The first-order chi connectivity index (χ1) is 11.9. The van der Waals surface area contributed by atoms with Gasteiger partial charge in [0.25, 0.3) is 0 Å². The lowest BCUT2D eigenvalue weighted by molar-refractivity contribution is -0.136. The molecule has 0 unspecified atom stereocenters. The average Bonchev–Trinajstić information content (AvgIpc) is 2.59. The highest BCUT2D eigenvalue weighted by Crippen LogP contribution is 2.28. The monoisotopic (exact) mass is 381 g/mol. The highest BCUT2D eigenvalue weighted by atomic mass is 35.5. The van der Waals surface area contributed by atoms with Crippen LogP contribution in [0.25, 0.3) is 0 Å². The minimum atomic E-state index is -0.996. The Labute approximate surface area is 153 Å². The van der Waals surface area contributed by atoms with Gasteiger partial charge in [0.15, 0.2) is 11.5 Å². The van der Waals surface area contributed by atoms with Gasteiger partial charge in [-0.25, -0.2) is 5.43 Å². The summed E-state index contributed by atoms with van der Waals surface area (Å²) < 4.78 is 4.95. The third-order valence-corrected chi connectivity index (χ3v) is 3.74. The van der Waals surface area contributed by atoms with Crippen LogP contribution in [-0.2, 0) is 9.59 Å². The minimum Gasteiger partial charge on any atom is -0.504 e. The van der Waals surface area contributed by atoms with E-state index in [1.807, 2.05) is 5.43 Å². The lowest BCUT2D eigenvalue weighted by Crippen LogP contribution is -2.32. The van der Waals surface area contributed by atoms with E-state index < -0.39 is 11.8 Å². The fourth-order valence-electron chi connectivity index (χ4n) is 1.78. The number of carbonyl (C=O) groups excluding carboxylic acids is 2. The van der Waals surface area contributed by atoms with Gasteiger partial charge in [0.05, 0.1) is 23.4 Å². The van der Waals surface area contributed by atoms with Gasteiger partial charge in [-0.3, -0.25) is 9.59 Å². The number of para-hydroxylation sites is 1. The number of halogens is 2. The number of methoxy groups -OCH3 is 1. The van der Waals surface area contributed by atoms with E-state index in [9.17, 15) is 14.7 Å². The second kappa shape index (κ2) is 8.36. The molecule has 0 bridgehead atoms. The Hall–Kier alpha value is -2.77. The summed E-state index contributed by atoms with van der Waals surface area (Å²) in [5.41, 5.74) is 2.67. The van der Waals surface area contributed by atoms with Crippen molar-refractivity contribution in [2.75, 3.05) is 12.4 Å². The zero-order valence-electron chi connectivity index (χ0n) is 12.9. The van der Waals surface area contributed by atoms with E-state index >= 15 is 0 Å². The number of phenols is 1. The first kappa shape index (κ1) is 18.6. The van der Waals surface area contributed by atoms with Gasteiger partial charge in [-0.05, 0) is 30.3 Å². The fourth-order valence-corrected chi connectivity index (χ4v) is 2.08. The summed E-state index contributed by atoms with van der Waals surface area (Å²) in [5.74, 6) is -1.81. The van der Waals surface area contributed by atoms with Crippen LogP contribution in [0.1, 0.15) is 5.56 Å². The Morgan fingerprint density at radius 2 is 1.92 bits per heavy atom. The van der Waals surface area contributed by atoms with E-state index in [4.69, 9.17) is 27.9 Å². The third-order valence-electron chi connectivity index (χ3n) is 3.00. The summed E-state index contributed by atoms with van der Waals surface area (Å²) in [6.07, 6.45) is 1.18. The predicted molar refractivity (Wildman–Crippen MR) is 95.5 cm³/mol. The van der Waals surface area contributed by atoms with Crippen LogP contribution >= 0.6 is 23.2 Å². The summed E-state index contributed by atoms with van der Waals surface area (Å²) >= 11 is 11.6. The van der Waals surface area contributed by atoms with Crippen molar-refractivity contribution in [3.8, 4) is 11.5 Å². The van der Waals surface area contributed by atoms with Crippen molar-refractivity contribution in [2.45, 2.75) is 0 Å². The molecule has 9 heteroatoms. The molecule has 2 aromatic carbocycles. The highest BCUT2D eigenvalue weighted by Gasteiger charge is 2.13. The van der Waals surface area contributed by atoms with Crippen molar-refractivity contribution in [1.29, 1.82) is 0 Å². The molecule has 3 N–H and O–H groups in total. The highest BCUT2D eigenvalue weighted by molar-refractivity contribution is 6.42. The van der Waals surface area contributed by atoms with E-state index in [0.717, 1.165) is 0 Å². The summed E-state index contributed by atoms with van der Waals surface area (Å²) in [7, 11) is 1.41. The molecule has 0 saturated heterocycles. The average molecular weight is 382 g/mol. The summed E-state index contributed by atoms with van der Waals surface area (Å²) in [6, 6.07) is 9.16. The van der Waals surface area contributed by atoms with Gasteiger partial charge in [0.1, 0.15) is 0 Å². The maximum atomic E-state index is 11.8. The molecule has 130 valence electrons. The van der Waals surface area contributed by atoms with E-state index in [0.29, 0.717) is 16.3 Å². The van der Waals surface area contributed by atoms with Crippen LogP contribution in [-0.4, -0.2) is 30.2 Å². The number of ether oxygens (including phenoxy) is 1. The van der Waals surface area contributed by atoms with Crippen LogP contribution in [0, 0.1) is 0 Å². The molecule has 0 saturated carbocycles. The van der Waals surface area contributed by atoms with E-state index in [-0.39, 0.29) is 16.5 Å². The van der Waals surface area contributed by atoms with Crippen LogP contribution in [0.2, 0.25) is 10.0 Å². The smallest absolute Gasteiger partial charge is 0.329 e. The SMILES string of the molecule is COc1cccc(/C=N\NC(=O)C(=O)Nc2ccc(Cl)c(Cl)c2)c1O. The number of anilines is 1. The van der Waals surface area contributed by atoms with Crippen molar-refractivity contribution in [1.82, 2.24) is 5.43 Å². The Kier molecular flexibility index (Phi) is 6.21. The second-order valence-electron chi connectivity index (χ2n) is 4.68. The molecule has 0 spiro atoms. The van der Waals surface area contributed by atoms with Crippen LogP contribution < -0.4 is 15.5 Å². The molecule has 2 rings (SSSR count).